The quantitative estimate of drug-likeness (QED) is 0.158. The lowest BCUT2D eigenvalue weighted by molar-refractivity contribution is 0.972. The number of nitrogens with zero attached hydrogens (tertiary/aromatic N) is 1. The van der Waals surface area contributed by atoms with Crippen LogP contribution in [0, 0.1) is 0 Å². The number of benzene rings is 8. The molecule has 1 aromatic heterocycles. The van der Waals surface area contributed by atoms with E-state index in [1.54, 1.807) is 0 Å². The van der Waals surface area contributed by atoms with Gasteiger partial charge in [-0.05, 0) is 116 Å². The van der Waals surface area contributed by atoms with Crippen LogP contribution in [-0.2, 0) is 0 Å². The Morgan fingerprint density at radius 3 is 1.87 bits per heavy atom. The van der Waals surface area contributed by atoms with Crippen molar-refractivity contribution >= 4 is 80.8 Å². The van der Waals surface area contributed by atoms with Crippen LogP contribution in [0.5, 0.6) is 0 Å². The van der Waals surface area contributed by atoms with Crippen molar-refractivity contribution in [3.63, 3.8) is 0 Å². The van der Waals surface area contributed by atoms with Gasteiger partial charge in [0.15, 0.2) is 0 Å². The van der Waals surface area contributed by atoms with Gasteiger partial charge >= 0.3 is 0 Å². The van der Waals surface area contributed by atoms with Crippen molar-refractivity contribution in [3.8, 4) is 11.1 Å². The number of hydrogen-bond donors (Lipinski definition) is 0. The largest absolute Gasteiger partial charge is 0.248 e. The monoisotopic (exact) mass is 709 g/mol. The molecule has 10 rings (SSSR count). The molecule has 0 atom stereocenters. The van der Waals surface area contributed by atoms with Crippen molar-refractivity contribution in [1.29, 1.82) is 0 Å². The van der Waals surface area contributed by atoms with E-state index in [9.17, 15) is 0 Å². The Balaban J connectivity index is 1.24. The Morgan fingerprint density at radius 2 is 1.09 bits per heavy atom. The second-order valence-electron chi connectivity index (χ2n) is 14.5. The number of aliphatic imine (C=N–C) groups is 1. The summed E-state index contributed by atoms with van der Waals surface area (Å²) < 4.78 is 2.66. The highest BCUT2D eigenvalue weighted by atomic mass is 32.1. The Labute approximate surface area is 320 Å². The van der Waals surface area contributed by atoms with E-state index >= 15 is 0 Å². The van der Waals surface area contributed by atoms with Crippen molar-refractivity contribution in [1.82, 2.24) is 0 Å². The predicted octanol–water partition coefficient (Wildman–Crippen LogP) is 15.1. The Hall–Kier alpha value is -6.09. The lowest BCUT2D eigenvalue weighted by Crippen LogP contribution is -2.11. The highest BCUT2D eigenvalue weighted by Crippen LogP contribution is 2.44. The maximum absolute atomic E-state index is 5.71. The van der Waals surface area contributed by atoms with Crippen LogP contribution < -0.4 is 0 Å². The van der Waals surface area contributed by atoms with Crippen LogP contribution in [0.15, 0.2) is 180 Å². The van der Waals surface area contributed by atoms with Crippen molar-refractivity contribution in [2.45, 2.75) is 33.1 Å². The van der Waals surface area contributed by atoms with Crippen LogP contribution in [-0.4, -0.2) is 5.71 Å². The SMILES string of the molecule is CCC1=C(\c2ccccc2)CC/C(C)=C(c2ccc3c4ccccc4c4cccc(-c5ccc6sc7ccccc7c6c5)c4c3c2)/N=C\1c1ccccc1. The summed E-state index contributed by atoms with van der Waals surface area (Å²) in [6, 6.07) is 60.4. The molecule has 0 bridgehead atoms. The molecule has 54 heavy (non-hydrogen) atoms. The second-order valence-corrected chi connectivity index (χ2v) is 15.6. The third-order valence-corrected chi connectivity index (χ3v) is 12.5. The average Bonchev–Trinajstić information content (AvgIpc) is 3.61. The Bertz CT molecular complexity index is 3010. The molecule has 2 heteroatoms. The zero-order valence-electron chi connectivity index (χ0n) is 30.6. The lowest BCUT2D eigenvalue weighted by Gasteiger charge is -2.22. The number of rotatable bonds is 5. The average molecular weight is 710 g/mol. The van der Waals surface area contributed by atoms with Crippen LogP contribution in [0.2, 0.25) is 0 Å². The summed E-state index contributed by atoms with van der Waals surface area (Å²) in [4.78, 5) is 5.71. The van der Waals surface area contributed by atoms with E-state index in [4.69, 9.17) is 4.99 Å². The van der Waals surface area contributed by atoms with Crippen molar-refractivity contribution in [3.05, 3.63) is 192 Å². The second kappa shape index (κ2) is 13.4. The molecule has 0 amide bonds. The summed E-state index contributed by atoms with van der Waals surface area (Å²) in [7, 11) is 0. The van der Waals surface area contributed by atoms with E-state index < -0.39 is 0 Å². The van der Waals surface area contributed by atoms with Gasteiger partial charge in [0.2, 0.25) is 0 Å². The highest BCUT2D eigenvalue weighted by Gasteiger charge is 2.22. The van der Waals surface area contributed by atoms with E-state index in [-0.39, 0.29) is 0 Å². The number of fused-ring (bicyclic) bond motifs is 9. The van der Waals surface area contributed by atoms with E-state index in [1.807, 2.05) is 11.3 Å². The molecule has 0 fully saturated rings. The van der Waals surface area contributed by atoms with Gasteiger partial charge in [-0.15, -0.1) is 11.3 Å². The minimum atomic E-state index is 0.908. The fourth-order valence-corrected chi connectivity index (χ4v) is 9.86. The third-order valence-electron chi connectivity index (χ3n) is 11.4. The molecule has 2 heterocycles. The molecular formula is C52H39NS. The van der Waals surface area contributed by atoms with Gasteiger partial charge in [0.05, 0.1) is 11.4 Å². The van der Waals surface area contributed by atoms with Gasteiger partial charge in [-0.2, -0.15) is 0 Å². The third kappa shape index (κ3) is 5.40. The molecule has 1 aliphatic heterocycles. The van der Waals surface area contributed by atoms with Gasteiger partial charge in [-0.1, -0.05) is 146 Å². The normalized spacial score (nSPS) is 17.6. The molecule has 1 nitrogen and oxygen atoms in total. The van der Waals surface area contributed by atoms with E-state index in [2.05, 4.69) is 178 Å². The first-order valence-electron chi connectivity index (χ1n) is 19.1. The predicted molar refractivity (Wildman–Crippen MR) is 236 cm³/mol. The van der Waals surface area contributed by atoms with E-state index in [0.29, 0.717) is 0 Å². The summed E-state index contributed by atoms with van der Waals surface area (Å²) in [5, 5.41) is 10.3. The van der Waals surface area contributed by atoms with Crippen molar-refractivity contribution in [2.24, 2.45) is 4.99 Å². The molecule has 0 aliphatic carbocycles. The minimum absolute atomic E-state index is 0.908. The maximum atomic E-state index is 5.71. The molecule has 8 aromatic carbocycles. The zero-order chi connectivity index (χ0) is 36.2. The molecular weight excluding hydrogens is 671 g/mol. The molecule has 0 saturated heterocycles. The van der Waals surface area contributed by atoms with Gasteiger partial charge in [0, 0.05) is 31.3 Å². The van der Waals surface area contributed by atoms with Crippen molar-refractivity contribution < 1.29 is 0 Å². The van der Waals surface area contributed by atoms with Gasteiger partial charge in [-0.3, -0.25) is 0 Å². The first-order chi connectivity index (χ1) is 26.7. The molecule has 0 saturated carbocycles. The van der Waals surface area contributed by atoms with Crippen LogP contribution in [0.3, 0.4) is 0 Å². The summed E-state index contributed by atoms with van der Waals surface area (Å²) in [5.41, 5.74) is 12.3. The lowest BCUT2D eigenvalue weighted by atomic mass is 9.85. The van der Waals surface area contributed by atoms with E-state index in [0.717, 1.165) is 41.8 Å². The maximum Gasteiger partial charge on any atom is 0.0744 e. The van der Waals surface area contributed by atoms with Crippen LogP contribution in [0.1, 0.15) is 49.8 Å². The Morgan fingerprint density at radius 1 is 0.481 bits per heavy atom. The smallest absolute Gasteiger partial charge is 0.0744 e. The molecule has 9 aromatic rings. The van der Waals surface area contributed by atoms with Gasteiger partial charge in [0.25, 0.3) is 0 Å². The number of hydrogen-bond acceptors (Lipinski definition) is 2. The molecule has 0 unspecified atom stereocenters. The van der Waals surface area contributed by atoms with Gasteiger partial charge in [-0.25, -0.2) is 4.99 Å². The standard InChI is InChI=1S/C52H39NS/c1-3-38-39(34-15-6-4-7-16-34)28-25-33(2)51(53-52(38)35-17-8-5-9-18-35)37-26-29-43-41-19-10-11-20-42(41)45-23-14-22-40(50(45)47(43)32-37)36-27-30-49-46(31-36)44-21-12-13-24-48(44)54-49/h4-24,26-27,29-32H,3,25,28H2,1-2H3/b39-38+,51-33+,53-52-. The number of thiophene rings is 1. The first-order valence-corrected chi connectivity index (χ1v) is 19.9. The summed E-state index contributed by atoms with van der Waals surface area (Å²) in [6.07, 6.45) is 2.83. The topological polar surface area (TPSA) is 12.4 Å². The van der Waals surface area contributed by atoms with Crippen LogP contribution in [0.25, 0.3) is 74.9 Å². The van der Waals surface area contributed by atoms with Gasteiger partial charge < -0.3 is 0 Å². The minimum Gasteiger partial charge on any atom is -0.248 e. The molecule has 0 spiro atoms. The summed E-state index contributed by atoms with van der Waals surface area (Å²) in [6.45, 7) is 4.56. The molecule has 0 radical (unpaired) electrons. The number of allylic oxidation sites excluding steroid dienone is 3. The highest BCUT2D eigenvalue weighted by molar-refractivity contribution is 7.25. The molecule has 258 valence electrons. The summed E-state index contributed by atoms with van der Waals surface area (Å²) in [5.74, 6) is 0. The molecule has 0 N–H and O–H groups in total. The Kier molecular flexibility index (Phi) is 8.08. The zero-order valence-corrected chi connectivity index (χ0v) is 31.4. The summed E-state index contributed by atoms with van der Waals surface area (Å²) >= 11 is 1.87. The fraction of sp³-hybridized carbons (Fsp3) is 0.0962. The van der Waals surface area contributed by atoms with E-state index in [1.165, 1.54) is 85.9 Å². The van der Waals surface area contributed by atoms with Gasteiger partial charge in [0.1, 0.15) is 0 Å². The van der Waals surface area contributed by atoms with Crippen LogP contribution >= 0.6 is 11.3 Å². The molecule has 1 aliphatic rings. The van der Waals surface area contributed by atoms with Crippen molar-refractivity contribution in [2.75, 3.05) is 0 Å². The fourth-order valence-electron chi connectivity index (χ4n) is 8.77. The first kappa shape index (κ1) is 32.6. The van der Waals surface area contributed by atoms with Crippen LogP contribution in [0.4, 0.5) is 0 Å².